The molecule has 0 N–H and O–H groups in total. The molecule has 0 unspecified atom stereocenters. The van der Waals surface area contributed by atoms with Gasteiger partial charge in [0, 0.05) is 11.8 Å². The summed E-state index contributed by atoms with van der Waals surface area (Å²) in [6.07, 6.45) is -3.83. The van der Waals surface area contributed by atoms with Crippen molar-refractivity contribution in [3.63, 3.8) is 0 Å². The first-order valence-electron chi connectivity index (χ1n) is 10.6. The Morgan fingerprint density at radius 3 is 2.03 bits per heavy atom. The Hall–Kier alpha value is -3.03. The second kappa shape index (κ2) is 10.5. The SMILES string of the molecule is CN(C)CCCS(=O)(=O)Oc1nc(C(F)(F)F)nc(-c2ccc(S(C)(=O)=O)cc2)c1-c1ccccc1. The minimum Gasteiger partial charge on any atom is -0.361 e. The van der Waals surface area contributed by atoms with Crippen LogP contribution in [0.2, 0.25) is 0 Å². The van der Waals surface area contributed by atoms with E-state index in [0.717, 1.165) is 6.26 Å². The van der Waals surface area contributed by atoms with E-state index in [1.165, 1.54) is 24.3 Å². The van der Waals surface area contributed by atoms with Gasteiger partial charge in [0.1, 0.15) is 0 Å². The zero-order valence-corrected chi connectivity index (χ0v) is 21.3. The van der Waals surface area contributed by atoms with E-state index < -0.39 is 43.6 Å². The first kappa shape index (κ1) is 27.6. The molecule has 0 bridgehead atoms. The van der Waals surface area contributed by atoms with Gasteiger partial charge in [0.2, 0.25) is 11.7 Å². The second-order valence-corrected chi connectivity index (χ2v) is 11.9. The van der Waals surface area contributed by atoms with E-state index in [1.54, 1.807) is 49.3 Å². The van der Waals surface area contributed by atoms with Crippen LogP contribution in [0.15, 0.2) is 59.5 Å². The molecule has 0 aliphatic carbocycles. The van der Waals surface area contributed by atoms with Gasteiger partial charge in [-0.3, -0.25) is 0 Å². The molecule has 194 valence electrons. The third-order valence-corrected chi connectivity index (χ3v) is 7.28. The highest BCUT2D eigenvalue weighted by Gasteiger charge is 2.38. The number of nitrogens with zero attached hydrogens (tertiary/aromatic N) is 3. The van der Waals surface area contributed by atoms with E-state index >= 15 is 0 Å². The van der Waals surface area contributed by atoms with E-state index in [0.29, 0.717) is 12.1 Å². The Kier molecular flexibility index (Phi) is 8.06. The van der Waals surface area contributed by atoms with Gasteiger partial charge in [-0.2, -0.15) is 26.6 Å². The first-order valence-corrected chi connectivity index (χ1v) is 14.1. The largest absolute Gasteiger partial charge is 0.451 e. The third kappa shape index (κ3) is 7.02. The molecule has 0 amide bonds. The lowest BCUT2D eigenvalue weighted by Gasteiger charge is -2.17. The van der Waals surface area contributed by atoms with Crippen molar-refractivity contribution in [3.05, 3.63) is 60.4 Å². The Labute approximate surface area is 207 Å². The van der Waals surface area contributed by atoms with Crippen LogP contribution in [0.25, 0.3) is 22.4 Å². The van der Waals surface area contributed by atoms with E-state index in [-0.39, 0.29) is 28.1 Å². The van der Waals surface area contributed by atoms with Crippen LogP contribution in [0, 0.1) is 0 Å². The summed E-state index contributed by atoms with van der Waals surface area (Å²) in [5.41, 5.74) is 0.0878. The summed E-state index contributed by atoms with van der Waals surface area (Å²) in [4.78, 5) is 8.85. The topological polar surface area (TPSA) is 107 Å². The van der Waals surface area contributed by atoms with Crippen LogP contribution in [-0.4, -0.2) is 64.4 Å². The highest BCUT2D eigenvalue weighted by molar-refractivity contribution is 7.90. The monoisotopic (exact) mass is 543 g/mol. The van der Waals surface area contributed by atoms with Gasteiger partial charge in [-0.25, -0.2) is 13.4 Å². The lowest BCUT2D eigenvalue weighted by molar-refractivity contribution is -0.145. The normalized spacial score (nSPS) is 12.6. The average molecular weight is 544 g/mol. The molecule has 0 aliphatic rings. The molecule has 0 atom stereocenters. The number of hydrogen-bond acceptors (Lipinski definition) is 8. The van der Waals surface area contributed by atoms with Crippen molar-refractivity contribution in [2.45, 2.75) is 17.5 Å². The molecule has 0 aliphatic heterocycles. The Morgan fingerprint density at radius 2 is 1.50 bits per heavy atom. The number of sulfone groups is 1. The van der Waals surface area contributed by atoms with E-state index in [4.69, 9.17) is 4.18 Å². The van der Waals surface area contributed by atoms with Gasteiger partial charge in [0.05, 0.1) is 21.9 Å². The molecule has 13 heteroatoms. The maximum absolute atomic E-state index is 13.7. The van der Waals surface area contributed by atoms with Gasteiger partial charge >= 0.3 is 16.3 Å². The van der Waals surface area contributed by atoms with Crippen molar-refractivity contribution in [3.8, 4) is 28.3 Å². The molecular formula is C23H24F3N3O5S2. The molecule has 0 radical (unpaired) electrons. The van der Waals surface area contributed by atoms with Crippen molar-refractivity contribution >= 4 is 20.0 Å². The molecule has 8 nitrogen and oxygen atoms in total. The molecule has 2 aromatic carbocycles. The second-order valence-electron chi connectivity index (χ2n) is 8.24. The molecule has 3 aromatic rings. The molecule has 0 spiro atoms. The van der Waals surface area contributed by atoms with Gasteiger partial charge in [-0.05, 0) is 44.8 Å². The van der Waals surface area contributed by atoms with Crippen molar-refractivity contribution in [2.24, 2.45) is 0 Å². The molecule has 36 heavy (non-hydrogen) atoms. The maximum Gasteiger partial charge on any atom is 0.451 e. The Morgan fingerprint density at radius 1 is 0.889 bits per heavy atom. The number of alkyl halides is 3. The summed E-state index contributed by atoms with van der Waals surface area (Å²) in [5, 5.41) is 0. The lowest BCUT2D eigenvalue weighted by Crippen LogP contribution is -2.21. The van der Waals surface area contributed by atoms with Crippen LogP contribution >= 0.6 is 0 Å². The van der Waals surface area contributed by atoms with Crippen LogP contribution in [0.5, 0.6) is 5.88 Å². The quantitative estimate of drug-likeness (QED) is 0.374. The maximum atomic E-state index is 13.7. The fraction of sp³-hybridized carbons (Fsp3) is 0.304. The van der Waals surface area contributed by atoms with Crippen molar-refractivity contribution in [1.29, 1.82) is 0 Å². The fourth-order valence-electron chi connectivity index (χ4n) is 3.28. The highest BCUT2D eigenvalue weighted by Crippen LogP contribution is 2.40. The van der Waals surface area contributed by atoms with Crippen molar-refractivity contribution in [1.82, 2.24) is 14.9 Å². The zero-order chi connectivity index (χ0) is 26.7. The van der Waals surface area contributed by atoms with E-state index in [1.807, 2.05) is 0 Å². The summed E-state index contributed by atoms with van der Waals surface area (Å²) in [7, 11) is -4.37. The minimum absolute atomic E-state index is 0.0439. The fourth-order valence-corrected chi connectivity index (χ4v) is 4.84. The van der Waals surface area contributed by atoms with E-state index in [2.05, 4.69) is 9.97 Å². The summed E-state index contributed by atoms with van der Waals surface area (Å²) < 4.78 is 95.4. The van der Waals surface area contributed by atoms with E-state index in [9.17, 15) is 30.0 Å². The van der Waals surface area contributed by atoms with Gasteiger partial charge < -0.3 is 9.08 Å². The summed E-state index contributed by atoms with van der Waals surface area (Å²) in [5.74, 6) is -2.80. The van der Waals surface area contributed by atoms with Crippen LogP contribution in [0.1, 0.15) is 12.2 Å². The standard InChI is InChI=1S/C23H24F3N3O5S2/c1-29(2)14-7-15-36(32,33)34-21-19(16-8-5-4-6-9-16)20(27-22(28-21)23(24,25)26)17-10-12-18(13-11-17)35(3,30)31/h4-6,8-13H,7,14-15H2,1-3H3. The van der Waals surface area contributed by atoms with Gasteiger partial charge in [0.25, 0.3) is 0 Å². The van der Waals surface area contributed by atoms with Gasteiger partial charge in [0.15, 0.2) is 9.84 Å². The number of hydrogen-bond donors (Lipinski definition) is 0. The Balaban J connectivity index is 2.24. The smallest absolute Gasteiger partial charge is 0.361 e. The highest BCUT2D eigenvalue weighted by atomic mass is 32.2. The van der Waals surface area contributed by atoms with Crippen LogP contribution in [-0.2, 0) is 26.1 Å². The van der Waals surface area contributed by atoms with Crippen LogP contribution in [0.3, 0.4) is 0 Å². The minimum atomic E-state index is -5.01. The lowest BCUT2D eigenvalue weighted by atomic mass is 10.00. The summed E-state index contributed by atoms with van der Waals surface area (Å²) in [6, 6.07) is 13.0. The average Bonchev–Trinajstić information content (AvgIpc) is 2.77. The molecule has 0 saturated carbocycles. The number of aromatic nitrogens is 2. The zero-order valence-electron chi connectivity index (χ0n) is 19.7. The van der Waals surface area contributed by atoms with Crippen molar-refractivity contribution < 1.29 is 34.2 Å². The third-order valence-electron chi connectivity index (χ3n) is 4.95. The van der Waals surface area contributed by atoms with Crippen LogP contribution in [0.4, 0.5) is 13.2 Å². The molecule has 1 aromatic heterocycles. The van der Waals surface area contributed by atoms with Gasteiger partial charge in [-0.1, -0.05) is 42.5 Å². The molecule has 0 saturated heterocycles. The molecule has 0 fully saturated rings. The van der Waals surface area contributed by atoms with Crippen molar-refractivity contribution in [2.75, 3.05) is 32.6 Å². The van der Waals surface area contributed by atoms with Gasteiger partial charge in [-0.15, -0.1) is 0 Å². The molecule has 3 rings (SSSR count). The summed E-state index contributed by atoms with van der Waals surface area (Å²) in [6.45, 7) is 0.420. The summed E-state index contributed by atoms with van der Waals surface area (Å²) >= 11 is 0. The number of halogens is 3. The Bertz CT molecular complexity index is 1430. The predicted molar refractivity (Wildman–Crippen MR) is 129 cm³/mol. The number of rotatable bonds is 9. The molecular weight excluding hydrogens is 519 g/mol. The number of benzene rings is 2. The predicted octanol–water partition coefficient (Wildman–Crippen LogP) is 3.89. The molecule has 1 heterocycles. The first-order chi connectivity index (χ1) is 16.7. The van der Waals surface area contributed by atoms with Crippen LogP contribution < -0.4 is 4.18 Å².